The molecule has 0 saturated heterocycles. The van der Waals surface area contributed by atoms with Crippen LogP contribution in [0.3, 0.4) is 0 Å². The lowest BCUT2D eigenvalue weighted by Gasteiger charge is -2.26. The fourth-order valence-electron chi connectivity index (χ4n) is 0.0758. The molecule has 0 radical (unpaired) electrons. The Morgan fingerprint density at radius 2 is 1.22 bits per heavy atom. The smallest absolute Gasteiger partial charge is 0.0902 e. The van der Waals surface area contributed by atoms with E-state index in [0.29, 0.717) is 0 Å². The molecule has 0 fully saturated rings. The molecule has 56 valence electrons. The van der Waals surface area contributed by atoms with Crippen LogP contribution in [0.1, 0.15) is 0 Å². The Balaban J connectivity index is 4.14. The minimum Gasteiger partial charge on any atom is -0.0902 e. The van der Waals surface area contributed by atoms with E-state index in [0.717, 1.165) is 5.33 Å². The Bertz CT molecular complexity index is 91.0. The molecule has 0 aliphatic rings. The molecular weight excluding hydrogens is 515 g/mol. The number of rotatable bonds is 1. The first-order valence-corrected chi connectivity index (χ1v) is 6.90. The second-order valence-corrected chi connectivity index (χ2v) is 12.4. The van der Waals surface area contributed by atoms with Gasteiger partial charge < -0.3 is 0 Å². The van der Waals surface area contributed by atoms with Gasteiger partial charge in [-0.3, -0.25) is 0 Å². The lowest BCUT2D eigenvalue weighted by atomic mass is 10.6. The van der Waals surface area contributed by atoms with Gasteiger partial charge in [0.2, 0.25) is 0 Å². The van der Waals surface area contributed by atoms with Crippen LogP contribution >= 0.6 is 95.6 Å². The highest BCUT2D eigenvalue weighted by atomic mass is 80.0. The summed E-state index contributed by atoms with van der Waals surface area (Å²) < 4.78 is -0.559. The van der Waals surface area contributed by atoms with Gasteiger partial charge >= 0.3 is 0 Å². The van der Waals surface area contributed by atoms with E-state index in [1.807, 2.05) is 0 Å². The molecule has 0 spiro atoms. The van der Waals surface area contributed by atoms with Crippen LogP contribution in [0.4, 0.5) is 0 Å². The van der Waals surface area contributed by atoms with E-state index in [4.69, 9.17) is 0 Å². The number of hydrogen-bond acceptors (Lipinski definition) is 0. The largest absolute Gasteiger partial charge is 0.160 e. The van der Waals surface area contributed by atoms with Crippen molar-refractivity contribution in [2.45, 2.75) is 5.38 Å². The average Bonchev–Trinajstić information content (AvgIpc) is 1.64. The van der Waals surface area contributed by atoms with Gasteiger partial charge in [0.05, 0.1) is 0 Å². The van der Waals surface area contributed by atoms with Crippen molar-refractivity contribution in [1.82, 2.24) is 0 Å². The standard InChI is InChI=1S/C3H2Br6/c4-1-2(5,6)3(7,8)9/h1H2. The molecule has 0 unspecified atom stereocenters. The van der Waals surface area contributed by atoms with Crippen molar-refractivity contribution in [1.29, 1.82) is 0 Å². The zero-order valence-corrected chi connectivity index (χ0v) is 13.5. The minimum absolute atomic E-state index is 0.229. The molecule has 0 N–H and O–H groups in total. The number of alkyl halides is 6. The Hall–Kier alpha value is 2.88. The summed E-state index contributed by atoms with van der Waals surface area (Å²) in [7, 11) is 0. The van der Waals surface area contributed by atoms with Gasteiger partial charge in [0, 0.05) is 5.33 Å². The summed E-state index contributed by atoms with van der Waals surface area (Å²) in [5.41, 5.74) is 0. The second kappa shape index (κ2) is 4.21. The van der Waals surface area contributed by atoms with Crippen molar-refractivity contribution >= 4 is 95.6 Å². The van der Waals surface area contributed by atoms with Crippen LogP contribution in [0.15, 0.2) is 0 Å². The summed E-state index contributed by atoms with van der Waals surface area (Å²) in [4.78, 5) is 0. The summed E-state index contributed by atoms with van der Waals surface area (Å²) in [5, 5.41) is 0.766. The maximum atomic E-state index is 3.43. The van der Waals surface area contributed by atoms with Crippen LogP contribution in [0.5, 0.6) is 0 Å². The van der Waals surface area contributed by atoms with Crippen molar-refractivity contribution in [3.63, 3.8) is 0 Å². The fourth-order valence-corrected chi connectivity index (χ4v) is 2.05. The monoisotopic (exact) mass is 512 g/mol. The van der Waals surface area contributed by atoms with Gasteiger partial charge in [0.25, 0.3) is 0 Å². The van der Waals surface area contributed by atoms with Crippen molar-refractivity contribution in [2.24, 2.45) is 0 Å². The predicted octanol–water partition coefficient (Wildman–Crippen LogP) is 4.71. The highest BCUT2D eigenvalue weighted by Gasteiger charge is 2.41. The van der Waals surface area contributed by atoms with Crippen LogP contribution in [0.2, 0.25) is 0 Å². The zero-order chi connectivity index (χ0) is 7.71. The first kappa shape index (κ1) is 11.9. The Morgan fingerprint density at radius 3 is 1.22 bits per heavy atom. The third-order valence-electron chi connectivity index (χ3n) is 0.583. The number of halogens is 6. The summed E-state index contributed by atoms with van der Waals surface area (Å²) in [6.45, 7) is 0. The Kier molecular flexibility index (Phi) is 5.56. The van der Waals surface area contributed by atoms with E-state index in [-0.39, 0.29) is 5.38 Å². The first-order valence-electron chi connectivity index (χ1n) is 1.82. The van der Waals surface area contributed by atoms with Gasteiger partial charge in [0.15, 0.2) is 2.14 Å². The van der Waals surface area contributed by atoms with Crippen molar-refractivity contribution < 1.29 is 0 Å². The van der Waals surface area contributed by atoms with E-state index in [1.54, 1.807) is 0 Å². The molecule has 0 atom stereocenters. The first-order chi connectivity index (χ1) is 3.81. The molecule has 0 heterocycles. The summed E-state index contributed by atoms with van der Waals surface area (Å²) in [6, 6.07) is 0. The van der Waals surface area contributed by atoms with Gasteiger partial charge in [0.1, 0.15) is 3.23 Å². The maximum Gasteiger partial charge on any atom is 0.160 e. The van der Waals surface area contributed by atoms with Crippen molar-refractivity contribution in [2.75, 3.05) is 5.33 Å². The van der Waals surface area contributed by atoms with E-state index < -0.39 is 0 Å². The summed E-state index contributed by atoms with van der Waals surface area (Å²) >= 11 is 20.3. The molecule has 0 aliphatic carbocycles. The third kappa shape index (κ3) is 3.87. The van der Waals surface area contributed by atoms with Crippen LogP contribution in [0.25, 0.3) is 0 Å². The Labute approximate surface area is 105 Å². The molecule has 0 aromatic rings. The summed E-state index contributed by atoms with van der Waals surface area (Å²) in [5.74, 6) is 0. The molecule has 0 aromatic heterocycles. The molecule has 0 aromatic carbocycles. The molecule has 0 bridgehead atoms. The normalized spacial score (nSPS) is 14.0. The van der Waals surface area contributed by atoms with Gasteiger partial charge in [-0.1, -0.05) is 95.6 Å². The van der Waals surface area contributed by atoms with Crippen LogP contribution in [-0.4, -0.2) is 10.7 Å². The molecule has 0 amide bonds. The van der Waals surface area contributed by atoms with Crippen molar-refractivity contribution in [3.05, 3.63) is 0 Å². The van der Waals surface area contributed by atoms with Gasteiger partial charge in [-0.2, -0.15) is 0 Å². The molecule has 0 saturated carbocycles. The van der Waals surface area contributed by atoms with Crippen LogP contribution < -0.4 is 0 Å². The van der Waals surface area contributed by atoms with E-state index in [2.05, 4.69) is 95.6 Å². The molecular formula is C3H2Br6. The number of hydrogen-bond donors (Lipinski definition) is 0. The zero-order valence-electron chi connectivity index (χ0n) is 3.97. The van der Waals surface area contributed by atoms with E-state index in [1.165, 1.54) is 0 Å². The highest BCUT2D eigenvalue weighted by Crippen LogP contribution is 2.53. The lowest BCUT2D eigenvalue weighted by Crippen LogP contribution is -2.29. The molecule has 0 aliphatic heterocycles. The SMILES string of the molecule is BrCC(Br)(Br)C(Br)(Br)Br. The molecule has 0 rings (SSSR count). The predicted molar refractivity (Wildman–Crippen MR) is 63.9 cm³/mol. The average molecular weight is 517 g/mol. The molecule has 9 heavy (non-hydrogen) atoms. The maximum absolute atomic E-state index is 3.43. The lowest BCUT2D eigenvalue weighted by molar-refractivity contribution is 1.06. The minimum atomic E-state index is -0.330. The van der Waals surface area contributed by atoms with E-state index >= 15 is 0 Å². The molecule has 0 nitrogen and oxygen atoms in total. The molecule has 6 heteroatoms. The van der Waals surface area contributed by atoms with Gasteiger partial charge in [-0.15, -0.1) is 0 Å². The second-order valence-electron chi connectivity index (χ2n) is 1.34. The fraction of sp³-hybridized carbons (Fsp3) is 1.00. The highest BCUT2D eigenvalue weighted by molar-refractivity contribution is 9.41. The van der Waals surface area contributed by atoms with Gasteiger partial charge in [-0.25, -0.2) is 0 Å². The van der Waals surface area contributed by atoms with E-state index in [9.17, 15) is 0 Å². The van der Waals surface area contributed by atoms with Crippen molar-refractivity contribution in [3.8, 4) is 0 Å². The Morgan fingerprint density at radius 1 is 0.889 bits per heavy atom. The van der Waals surface area contributed by atoms with Gasteiger partial charge in [-0.05, 0) is 0 Å². The third-order valence-corrected chi connectivity index (χ3v) is 9.90. The summed E-state index contributed by atoms with van der Waals surface area (Å²) in [6.07, 6.45) is 0. The quantitative estimate of drug-likeness (QED) is 0.443. The van der Waals surface area contributed by atoms with Crippen LogP contribution in [0, 0.1) is 0 Å². The van der Waals surface area contributed by atoms with Crippen LogP contribution in [-0.2, 0) is 0 Å². The topological polar surface area (TPSA) is 0 Å².